The van der Waals surface area contributed by atoms with Crippen LogP contribution in [0.3, 0.4) is 0 Å². The summed E-state index contributed by atoms with van der Waals surface area (Å²) < 4.78 is 43.5. The standard InChI is InChI=1S/C18H10BrF3N2O/c19-12-2-7-15-11(9-12)1-8-16-17(15)23-10-24(16)13-3-5-14(6-4-13)25-18(20,21)22/h1-10H. The Morgan fingerprint density at radius 1 is 0.960 bits per heavy atom. The number of hydrogen-bond acceptors (Lipinski definition) is 2. The molecule has 25 heavy (non-hydrogen) atoms. The molecule has 4 aromatic rings. The zero-order valence-corrected chi connectivity index (χ0v) is 14.2. The molecular weight excluding hydrogens is 397 g/mol. The maximum Gasteiger partial charge on any atom is 0.573 e. The van der Waals surface area contributed by atoms with Crippen molar-refractivity contribution in [3.8, 4) is 11.4 Å². The van der Waals surface area contributed by atoms with Crippen molar-refractivity contribution in [2.45, 2.75) is 6.36 Å². The van der Waals surface area contributed by atoms with Gasteiger partial charge in [0.15, 0.2) is 0 Å². The zero-order valence-electron chi connectivity index (χ0n) is 12.6. The minimum absolute atomic E-state index is 0.254. The second kappa shape index (κ2) is 5.77. The Bertz CT molecular complexity index is 1070. The summed E-state index contributed by atoms with van der Waals surface area (Å²) in [6, 6.07) is 15.6. The van der Waals surface area contributed by atoms with E-state index in [-0.39, 0.29) is 5.75 Å². The van der Waals surface area contributed by atoms with Crippen molar-refractivity contribution >= 4 is 37.7 Å². The van der Waals surface area contributed by atoms with Gasteiger partial charge in [0.25, 0.3) is 0 Å². The molecule has 0 saturated carbocycles. The molecule has 0 amide bonds. The van der Waals surface area contributed by atoms with Crippen LogP contribution in [0.15, 0.2) is 65.4 Å². The molecule has 0 aliphatic heterocycles. The lowest BCUT2D eigenvalue weighted by Crippen LogP contribution is -2.17. The second-order valence-corrected chi connectivity index (χ2v) is 6.37. The Morgan fingerprint density at radius 3 is 2.44 bits per heavy atom. The Balaban J connectivity index is 1.78. The fourth-order valence-electron chi connectivity index (χ4n) is 2.79. The molecule has 126 valence electrons. The molecule has 3 nitrogen and oxygen atoms in total. The Kier molecular flexibility index (Phi) is 3.68. The van der Waals surface area contributed by atoms with Gasteiger partial charge in [-0.05, 0) is 47.9 Å². The van der Waals surface area contributed by atoms with Crippen LogP contribution in [-0.2, 0) is 0 Å². The van der Waals surface area contributed by atoms with Gasteiger partial charge in [-0.3, -0.25) is 4.57 Å². The van der Waals surface area contributed by atoms with Gasteiger partial charge >= 0.3 is 6.36 Å². The van der Waals surface area contributed by atoms with Crippen LogP contribution < -0.4 is 4.74 Å². The van der Waals surface area contributed by atoms with Gasteiger partial charge in [-0.1, -0.05) is 28.1 Å². The molecule has 0 aliphatic rings. The first-order chi connectivity index (χ1) is 11.9. The van der Waals surface area contributed by atoms with Crippen molar-refractivity contribution in [3.05, 3.63) is 65.4 Å². The van der Waals surface area contributed by atoms with Crippen LogP contribution in [0.4, 0.5) is 13.2 Å². The fourth-order valence-corrected chi connectivity index (χ4v) is 3.17. The summed E-state index contributed by atoms with van der Waals surface area (Å²) in [6.07, 6.45) is -3.04. The van der Waals surface area contributed by atoms with Crippen molar-refractivity contribution in [2.24, 2.45) is 0 Å². The number of halogens is 4. The molecule has 3 aromatic carbocycles. The van der Waals surface area contributed by atoms with Crippen LogP contribution in [0, 0.1) is 0 Å². The van der Waals surface area contributed by atoms with Gasteiger partial charge in [0, 0.05) is 15.5 Å². The fraction of sp³-hybridized carbons (Fsp3) is 0.0556. The van der Waals surface area contributed by atoms with E-state index in [1.807, 2.05) is 34.9 Å². The maximum absolute atomic E-state index is 12.3. The summed E-state index contributed by atoms with van der Waals surface area (Å²) in [4.78, 5) is 4.47. The Labute approximate surface area is 148 Å². The lowest BCUT2D eigenvalue weighted by molar-refractivity contribution is -0.274. The molecule has 0 saturated heterocycles. The number of hydrogen-bond donors (Lipinski definition) is 0. The van der Waals surface area contributed by atoms with Crippen LogP contribution in [0.5, 0.6) is 5.75 Å². The molecule has 7 heteroatoms. The van der Waals surface area contributed by atoms with E-state index >= 15 is 0 Å². The van der Waals surface area contributed by atoms with E-state index in [1.54, 1.807) is 18.5 Å². The monoisotopic (exact) mass is 406 g/mol. The molecular formula is C18H10BrF3N2O. The van der Waals surface area contributed by atoms with E-state index in [0.717, 1.165) is 26.3 Å². The largest absolute Gasteiger partial charge is 0.573 e. The Hall–Kier alpha value is -2.54. The highest BCUT2D eigenvalue weighted by atomic mass is 79.9. The van der Waals surface area contributed by atoms with Crippen LogP contribution in [0.2, 0.25) is 0 Å². The molecule has 0 unspecified atom stereocenters. The molecule has 1 heterocycles. The van der Waals surface area contributed by atoms with Gasteiger partial charge in [-0.2, -0.15) is 0 Å². The minimum Gasteiger partial charge on any atom is -0.406 e. The summed E-state index contributed by atoms with van der Waals surface area (Å²) >= 11 is 3.45. The van der Waals surface area contributed by atoms with Crippen molar-refractivity contribution in [2.75, 3.05) is 0 Å². The van der Waals surface area contributed by atoms with E-state index in [1.165, 1.54) is 12.1 Å². The summed E-state index contributed by atoms with van der Waals surface area (Å²) in [6.45, 7) is 0. The normalized spacial score (nSPS) is 12.0. The third kappa shape index (κ3) is 3.07. The van der Waals surface area contributed by atoms with Gasteiger partial charge in [-0.25, -0.2) is 4.98 Å². The minimum atomic E-state index is -4.70. The van der Waals surface area contributed by atoms with Crippen molar-refractivity contribution in [1.29, 1.82) is 0 Å². The number of nitrogens with zero attached hydrogens (tertiary/aromatic N) is 2. The predicted octanol–water partition coefficient (Wildman–Crippen LogP) is 5.84. The number of ether oxygens (including phenoxy) is 1. The number of fused-ring (bicyclic) bond motifs is 3. The molecule has 0 bridgehead atoms. The zero-order chi connectivity index (χ0) is 17.6. The van der Waals surface area contributed by atoms with Gasteiger partial charge < -0.3 is 4.74 Å². The molecule has 0 spiro atoms. The maximum atomic E-state index is 12.3. The number of alkyl halides is 3. The molecule has 4 rings (SSSR count). The molecule has 0 N–H and O–H groups in total. The van der Waals surface area contributed by atoms with Crippen molar-refractivity contribution in [1.82, 2.24) is 9.55 Å². The number of aromatic nitrogens is 2. The number of rotatable bonds is 2. The third-order valence-electron chi connectivity index (χ3n) is 3.84. The molecule has 1 aromatic heterocycles. The van der Waals surface area contributed by atoms with E-state index in [9.17, 15) is 13.2 Å². The van der Waals surface area contributed by atoms with Gasteiger partial charge in [-0.15, -0.1) is 13.2 Å². The van der Waals surface area contributed by atoms with E-state index in [4.69, 9.17) is 0 Å². The van der Waals surface area contributed by atoms with Crippen molar-refractivity contribution < 1.29 is 17.9 Å². The molecule has 0 atom stereocenters. The summed E-state index contributed by atoms with van der Waals surface area (Å²) in [5.74, 6) is -0.254. The lowest BCUT2D eigenvalue weighted by Gasteiger charge is -2.10. The van der Waals surface area contributed by atoms with E-state index in [2.05, 4.69) is 25.7 Å². The van der Waals surface area contributed by atoms with Crippen LogP contribution in [-0.4, -0.2) is 15.9 Å². The third-order valence-corrected chi connectivity index (χ3v) is 4.34. The molecule has 0 aliphatic carbocycles. The van der Waals surface area contributed by atoms with Gasteiger partial charge in [0.2, 0.25) is 0 Å². The first kappa shape index (κ1) is 16.0. The van der Waals surface area contributed by atoms with Crippen molar-refractivity contribution in [3.63, 3.8) is 0 Å². The van der Waals surface area contributed by atoms with Crippen LogP contribution in [0.1, 0.15) is 0 Å². The topological polar surface area (TPSA) is 27.1 Å². The van der Waals surface area contributed by atoms with Crippen LogP contribution >= 0.6 is 15.9 Å². The van der Waals surface area contributed by atoms with Gasteiger partial charge in [0.1, 0.15) is 12.1 Å². The molecule has 0 fully saturated rings. The number of benzene rings is 3. The predicted molar refractivity (Wildman–Crippen MR) is 93.0 cm³/mol. The highest BCUT2D eigenvalue weighted by Gasteiger charge is 2.31. The SMILES string of the molecule is FC(F)(F)Oc1ccc(-n2cnc3c4ccc(Br)cc4ccc32)cc1. The molecule has 0 radical (unpaired) electrons. The first-order valence-electron chi connectivity index (χ1n) is 7.32. The second-order valence-electron chi connectivity index (χ2n) is 5.46. The number of imidazole rings is 1. The van der Waals surface area contributed by atoms with E-state index < -0.39 is 6.36 Å². The van der Waals surface area contributed by atoms with E-state index in [0.29, 0.717) is 5.69 Å². The lowest BCUT2D eigenvalue weighted by atomic mass is 10.1. The summed E-state index contributed by atoms with van der Waals surface area (Å²) in [5, 5.41) is 2.07. The van der Waals surface area contributed by atoms with Crippen LogP contribution in [0.25, 0.3) is 27.5 Å². The van der Waals surface area contributed by atoms with Gasteiger partial charge in [0.05, 0.1) is 11.0 Å². The Morgan fingerprint density at radius 2 is 1.72 bits per heavy atom. The average Bonchev–Trinajstić information content (AvgIpc) is 2.98. The first-order valence-corrected chi connectivity index (χ1v) is 8.11. The highest BCUT2D eigenvalue weighted by Crippen LogP contribution is 2.29. The quantitative estimate of drug-likeness (QED) is 0.418. The summed E-state index contributed by atoms with van der Waals surface area (Å²) in [5.41, 5.74) is 2.41. The summed E-state index contributed by atoms with van der Waals surface area (Å²) in [7, 11) is 0. The smallest absolute Gasteiger partial charge is 0.406 e. The average molecular weight is 407 g/mol. The highest BCUT2D eigenvalue weighted by molar-refractivity contribution is 9.10.